The Balaban J connectivity index is 1.42. The molecule has 0 radical (unpaired) electrons. The number of methoxy groups -OCH3 is 1. The minimum atomic E-state index is -0.0960. The summed E-state index contributed by atoms with van der Waals surface area (Å²) in [7, 11) is 1.60. The average Bonchev–Trinajstić information content (AvgIpc) is 3.42. The normalized spacial score (nSPS) is 19.9. The number of para-hydroxylation sites is 2. The van der Waals surface area contributed by atoms with E-state index in [2.05, 4.69) is 45.0 Å². The summed E-state index contributed by atoms with van der Waals surface area (Å²) in [6.45, 7) is 4.95. The molecule has 1 saturated carbocycles. The van der Waals surface area contributed by atoms with E-state index in [-0.39, 0.29) is 18.0 Å². The van der Waals surface area contributed by atoms with Crippen molar-refractivity contribution >= 4 is 28.9 Å². The number of aromatic nitrogens is 2. The fraction of sp³-hybridized carbons (Fsp3) is 0.433. The Morgan fingerprint density at radius 1 is 1.13 bits per heavy atom. The van der Waals surface area contributed by atoms with Gasteiger partial charge in [-0.2, -0.15) is 0 Å². The first-order chi connectivity index (χ1) is 18.5. The lowest BCUT2D eigenvalue weighted by atomic mass is 9.94. The molecule has 0 unspecified atom stereocenters. The van der Waals surface area contributed by atoms with Gasteiger partial charge in [0.25, 0.3) is 0 Å². The van der Waals surface area contributed by atoms with Crippen molar-refractivity contribution < 1.29 is 9.53 Å². The van der Waals surface area contributed by atoms with Crippen LogP contribution in [0, 0.1) is 13.8 Å². The van der Waals surface area contributed by atoms with Crippen LogP contribution in [-0.4, -0.2) is 39.1 Å². The molecule has 2 atom stereocenters. The SMILES string of the molecule is COc1ccccc1NC(=O)CCN1C(=S)N[C@H](c2ccccn2)[C@@H]1c1cc(C)n(C2CCCCC2)c1C. The Morgan fingerprint density at radius 3 is 2.63 bits per heavy atom. The number of thiocarbonyl (C=S) groups is 1. The molecule has 1 saturated heterocycles. The molecule has 2 N–H and O–H groups in total. The van der Waals surface area contributed by atoms with Crippen molar-refractivity contribution in [3.63, 3.8) is 0 Å². The number of nitrogens with one attached hydrogen (secondary N) is 2. The zero-order chi connectivity index (χ0) is 26.6. The van der Waals surface area contributed by atoms with Crippen molar-refractivity contribution in [3.05, 3.63) is 77.4 Å². The molecule has 3 aromatic rings. The lowest BCUT2D eigenvalue weighted by Gasteiger charge is -2.29. The Labute approximate surface area is 230 Å². The fourth-order valence-corrected chi connectivity index (χ4v) is 6.50. The van der Waals surface area contributed by atoms with E-state index in [1.54, 1.807) is 7.11 Å². The molecule has 0 bridgehead atoms. The zero-order valence-corrected chi connectivity index (χ0v) is 23.3. The van der Waals surface area contributed by atoms with E-state index in [1.165, 1.54) is 49.1 Å². The number of pyridine rings is 1. The van der Waals surface area contributed by atoms with Crippen LogP contribution in [0.4, 0.5) is 5.69 Å². The van der Waals surface area contributed by atoms with Gasteiger partial charge in [0.05, 0.1) is 30.6 Å². The number of hydrogen-bond donors (Lipinski definition) is 2. The van der Waals surface area contributed by atoms with Crippen molar-refractivity contribution in [2.75, 3.05) is 19.0 Å². The number of ether oxygens (including phenoxy) is 1. The Bertz CT molecular complexity index is 1290. The highest BCUT2D eigenvalue weighted by molar-refractivity contribution is 7.80. The first-order valence-electron chi connectivity index (χ1n) is 13.6. The maximum atomic E-state index is 13.0. The molecule has 1 aromatic carbocycles. The summed E-state index contributed by atoms with van der Waals surface area (Å²) in [4.78, 5) is 19.8. The number of amides is 1. The summed E-state index contributed by atoms with van der Waals surface area (Å²) >= 11 is 5.85. The molecule has 38 heavy (non-hydrogen) atoms. The predicted molar refractivity (Wildman–Crippen MR) is 154 cm³/mol. The Kier molecular flexibility index (Phi) is 7.98. The minimum Gasteiger partial charge on any atom is -0.495 e. The van der Waals surface area contributed by atoms with Crippen LogP contribution in [0.5, 0.6) is 5.75 Å². The molecule has 3 heterocycles. The van der Waals surface area contributed by atoms with Gasteiger partial charge in [-0.15, -0.1) is 0 Å². The van der Waals surface area contributed by atoms with Crippen molar-refractivity contribution in [2.24, 2.45) is 0 Å². The number of rotatable bonds is 8. The second kappa shape index (κ2) is 11.6. The van der Waals surface area contributed by atoms with E-state index in [0.717, 1.165) is 5.69 Å². The van der Waals surface area contributed by atoms with E-state index >= 15 is 0 Å². The van der Waals surface area contributed by atoms with Crippen LogP contribution in [0.25, 0.3) is 0 Å². The van der Waals surface area contributed by atoms with Crippen molar-refractivity contribution in [3.8, 4) is 5.75 Å². The van der Waals surface area contributed by atoms with Crippen LogP contribution in [-0.2, 0) is 4.79 Å². The highest BCUT2D eigenvalue weighted by Crippen LogP contribution is 2.42. The molecular weight excluding hydrogens is 494 g/mol. The molecule has 0 spiro atoms. The molecular formula is C30H37N5O2S. The first-order valence-corrected chi connectivity index (χ1v) is 14.0. The van der Waals surface area contributed by atoms with Crippen molar-refractivity contribution in [2.45, 2.75) is 70.5 Å². The second-order valence-corrected chi connectivity index (χ2v) is 10.7. The van der Waals surface area contributed by atoms with Crippen LogP contribution >= 0.6 is 12.2 Å². The summed E-state index contributed by atoms with van der Waals surface area (Å²) in [5.41, 5.74) is 5.44. The lowest BCUT2D eigenvalue weighted by molar-refractivity contribution is -0.116. The molecule has 1 aliphatic heterocycles. The molecule has 2 aromatic heterocycles. The summed E-state index contributed by atoms with van der Waals surface area (Å²) in [6.07, 6.45) is 8.49. The molecule has 7 nitrogen and oxygen atoms in total. The third kappa shape index (κ3) is 5.27. The second-order valence-electron chi connectivity index (χ2n) is 10.3. The summed E-state index contributed by atoms with van der Waals surface area (Å²) in [6, 6.07) is 16.2. The lowest BCUT2D eigenvalue weighted by Crippen LogP contribution is -2.33. The van der Waals surface area contributed by atoms with Gasteiger partial charge in [0.2, 0.25) is 5.91 Å². The molecule has 2 aliphatic rings. The van der Waals surface area contributed by atoms with E-state index in [0.29, 0.717) is 35.6 Å². The average molecular weight is 532 g/mol. The predicted octanol–water partition coefficient (Wildman–Crippen LogP) is 6.02. The zero-order valence-electron chi connectivity index (χ0n) is 22.4. The highest BCUT2D eigenvalue weighted by atomic mass is 32.1. The topological polar surface area (TPSA) is 71.4 Å². The summed E-state index contributed by atoms with van der Waals surface area (Å²) in [5.74, 6) is 0.562. The van der Waals surface area contributed by atoms with Gasteiger partial charge in [-0.3, -0.25) is 9.78 Å². The third-order valence-corrected chi connectivity index (χ3v) is 8.29. The standard InChI is InChI=1S/C30H37N5O2S/c1-20-19-23(21(2)35(20)22-11-5-4-6-12-22)29-28(25-14-9-10-17-31-25)33-30(38)34(29)18-16-27(36)32-24-13-7-8-15-26(24)37-3/h7-10,13-15,17,19,22,28-29H,4-6,11-12,16,18H2,1-3H3,(H,32,36)(H,33,38)/t28-,29+/m1/s1. The van der Waals surface area contributed by atoms with Crippen LogP contribution < -0.4 is 15.4 Å². The number of carbonyl (C=O) groups excluding carboxylic acids is 1. The number of benzene rings is 1. The van der Waals surface area contributed by atoms with Gasteiger partial charge in [0.1, 0.15) is 5.75 Å². The Hall–Kier alpha value is -3.39. The van der Waals surface area contributed by atoms with E-state index in [4.69, 9.17) is 17.0 Å². The van der Waals surface area contributed by atoms with Gasteiger partial charge >= 0.3 is 0 Å². The smallest absolute Gasteiger partial charge is 0.226 e. The maximum Gasteiger partial charge on any atom is 0.226 e. The fourth-order valence-electron chi connectivity index (χ4n) is 6.17. The number of hydrogen-bond acceptors (Lipinski definition) is 4. The van der Waals surface area contributed by atoms with E-state index in [1.807, 2.05) is 48.7 Å². The Morgan fingerprint density at radius 2 is 1.89 bits per heavy atom. The van der Waals surface area contributed by atoms with Gasteiger partial charge < -0.3 is 24.8 Å². The summed E-state index contributed by atoms with van der Waals surface area (Å²) < 4.78 is 7.93. The maximum absolute atomic E-state index is 13.0. The first kappa shape index (κ1) is 26.2. The van der Waals surface area contributed by atoms with Crippen LogP contribution in [0.1, 0.15) is 79.3 Å². The van der Waals surface area contributed by atoms with E-state index < -0.39 is 0 Å². The van der Waals surface area contributed by atoms with Crippen molar-refractivity contribution in [1.29, 1.82) is 0 Å². The van der Waals surface area contributed by atoms with Crippen molar-refractivity contribution in [1.82, 2.24) is 19.8 Å². The molecule has 1 amide bonds. The molecule has 200 valence electrons. The summed E-state index contributed by atoms with van der Waals surface area (Å²) in [5, 5.41) is 7.18. The van der Waals surface area contributed by atoms with Gasteiger partial charge in [-0.05, 0) is 74.8 Å². The number of carbonyl (C=O) groups is 1. The van der Waals surface area contributed by atoms with Crippen LogP contribution in [0.2, 0.25) is 0 Å². The molecule has 8 heteroatoms. The van der Waals surface area contributed by atoms with Gasteiger partial charge in [-0.25, -0.2) is 0 Å². The monoisotopic (exact) mass is 531 g/mol. The highest BCUT2D eigenvalue weighted by Gasteiger charge is 2.41. The number of anilines is 1. The molecule has 1 aliphatic carbocycles. The number of nitrogens with zero attached hydrogens (tertiary/aromatic N) is 3. The quantitative estimate of drug-likeness (QED) is 0.347. The molecule has 2 fully saturated rings. The van der Waals surface area contributed by atoms with Gasteiger partial charge in [0.15, 0.2) is 5.11 Å². The largest absolute Gasteiger partial charge is 0.495 e. The third-order valence-electron chi connectivity index (χ3n) is 7.94. The molecule has 5 rings (SSSR count). The van der Waals surface area contributed by atoms with Crippen LogP contribution in [0.3, 0.4) is 0 Å². The number of aryl methyl sites for hydroxylation is 1. The minimum absolute atomic E-state index is 0.0556. The van der Waals surface area contributed by atoms with Crippen LogP contribution in [0.15, 0.2) is 54.7 Å². The van der Waals surface area contributed by atoms with Gasteiger partial charge in [0, 0.05) is 36.6 Å². The van der Waals surface area contributed by atoms with Gasteiger partial charge in [-0.1, -0.05) is 37.5 Å². The van der Waals surface area contributed by atoms with E-state index in [9.17, 15) is 4.79 Å².